The number of hydrogen-bond donors (Lipinski definition) is 2. The van der Waals surface area contributed by atoms with Gasteiger partial charge in [-0.05, 0) is 68.5 Å². The molecular formula is C28H29N5O2. The van der Waals surface area contributed by atoms with E-state index in [2.05, 4.69) is 20.7 Å². The third kappa shape index (κ3) is 4.06. The number of fused-ring (bicyclic) bond motifs is 3. The van der Waals surface area contributed by atoms with Gasteiger partial charge in [0.2, 0.25) is 0 Å². The normalized spacial score (nSPS) is 20.9. The Balaban J connectivity index is 1.20. The first kappa shape index (κ1) is 21.8. The van der Waals surface area contributed by atoms with Crippen LogP contribution in [0.5, 0.6) is 11.5 Å². The highest BCUT2D eigenvalue weighted by atomic mass is 16.5. The van der Waals surface area contributed by atoms with Gasteiger partial charge in [0, 0.05) is 60.5 Å². The van der Waals surface area contributed by atoms with Crippen molar-refractivity contribution in [2.45, 2.75) is 38.8 Å². The number of hydrogen-bond acceptors (Lipinski definition) is 5. The lowest BCUT2D eigenvalue weighted by Gasteiger charge is -2.24. The van der Waals surface area contributed by atoms with Gasteiger partial charge in [0.05, 0.1) is 16.9 Å². The van der Waals surface area contributed by atoms with Crippen LogP contribution in [0.4, 0.5) is 0 Å². The van der Waals surface area contributed by atoms with E-state index in [1.54, 1.807) is 6.20 Å². The average Bonchev–Trinajstić information content (AvgIpc) is 3.54. The molecule has 3 heterocycles. The van der Waals surface area contributed by atoms with E-state index < -0.39 is 0 Å². The van der Waals surface area contributed by atoms with Gasteiger partial charge in [-0.3, -0.25) is 14.5 Å². The summed E-state index contributed by atoms with van der Waals surface area (Å²) in [4.78, 5) is 17.5. The van der Waals surface area contributed by atoms with Crippen LogP contribution >= 0.6 is 0 Å². The Kier molecular flexibility index (Phi) is 5.29. The summed E-state index contributed by atoms with van der Waals surface area (Å²) in [7, 11) is 1.94. The Morgan fingerprint density at radius 1 is 1.09 bits per heavy atom. The van der Waals surface area contributed by atoms with Crippen molar-refractivity contribution in [3.8, 4) is 22.8 Å². The van der Waals surface area contributed by atoms with E-state index in [9.17, 15) is 4.79 Å². The first-order valence-corrected chi connectivity index (χ1v) is 12.2. The van der Waals surface area contributed by atoms with Crippen LogP contribution in [0, 0.1) is 19.8 Å². The molecule has 1 saturated carbocycles. The van der Waals surface area contributed by atoms with E-state index in [1.165, 1.54) is 6.42 Å². The number of carbonyl (C=O) groups is 1. The summed E-state index contributed by atoms with van der Waals surface area (Å²) in [6.07, 6.45) is 3.94. The van der Waals surface area contributed by atoms with Gasteiger partial charge in [-0.1, -0.05) is 6.07 Å². The van der Waals surface area contributed by atoms with Gasteiger partial charge in [-0.2, -0.15) is 5.10 Å². The number of carbonyl (C=O) groups excluding carboxylic acids is 1. The SMILES string of the molecule is Cc1cc(-c2cc(Oc3ccc4c(C)nn(C)c4c3)ccn2)ccc1C(=O)N[C@H]1C[C@@H]2C[C@H]1CN2. The Bertz CT molecular complexity index is 1440. The fourth-order valence-electron chi connectivity index (χ4n) is 5.59. The van der Waals surface area contributed by atoms with Crippen LogP contribution in [0.15, 0.2) is 54.7 Å². The molecule has 2 bridgehead atoms. The highest BCUT2D eigenvalue weighted by molar-refractivity contribution is 5.96. The predicted octanol–water partition coefficient (Wildman–Crippen LogP) is 4.52. The minimum absolute atomic E-state index is 0.0115. The number of nitrogens with one attached hydrogen (secondary N) is 2. The van der Waals surface area contributed by atoms with Crippen molar-refractivity contribution in [2.24, 2.45) is 13.0 Å². The van der Waals surface area contributed by atoms with E-state index in [4.69, 9.17) is 4.74 Å². The van der Waals surface area contributed by atoms with Crippen molar-refractivity contribution in [3.05, 3.63) is 71.5 Å². The number of benzene rings is 2. The molecule has 1 amide bonds. The van der Waals surface area contributed by atoms with Crippen LogP contribution in [-0.2, 0) is 7.05 Å². The van der Waals surface area contributed by atoms with E-state index in [0.717, 1.165) is 57.7 Å². The molecule has 1 aliphatic carbocycles. The molecule has 4 aromatic rings. The zero-order chi connectivity index (χ0) is 24.1. The molecule has 0 unspecified atom stereocenters. The van der Waals surface area contributed by atoms with Crippen LogP contribution in [0.2, 0.25) is 0 Å². The van der Waals surface area contributed by atoms with E-state index in [0.29, 0.717) is 17.7 Å². The smallest absolute Gasteiger partial charge is 0.251 e. The van der Waals surface area contributed by atoms with Gasteiger partial charge >= 0.3 is 0 Å². The van der Waals surface area contributed by atoms with Crippen LogP contribution in [0.3, 0.4) is 0 Å². The van der Waals surface area contributed by atoms with Gasteiger partial charge in [0.1, 0.15) is 11.5 Å². The zero-order valence-corrected chi connectivity index (χ0v) is 20.2. The standard InChI is InChI=1S/C28H29N5O2/c1-16-10-18(4-6-23(16)28(34)31-26-12-20-11-19(26)15-30-20)25-13-22(8-9-29-25)35-21-5-7-24-17(2)32-33(3)27(24)14-21/h4-10,13-14,19-20,26,30H,11-12,15H2,1-3H3,(H,31,34)/t19-,20-,26-/m0/s1. The number of rotatable bonds is 5. The molecule has 35 heavy (non-hydrogen) atoms. The van der Waals surface area contributed by atoms with Gasteiger partial charge in [-0.15, -0.1) is 0 Å². The van der Waals surface area contributed by atoms with Crippen LogP contribution < -0.4 is 15.4 Å². The molecule has 1 saturated heterocycles. The third-order valence-electron chi connectivity index (χ3n) is 7.42. The van der Waals surface area contributed by atoms with Crippen molar-refractivity contribution in [2.75, 3.05) is 6.54 Å². The van der Waals surface area contributed by atoms with Gasteiger partial charge in [0.15, 0.2) is 0 Å². The lowest BCUT2D eigenvalue weighted by atomic mass is 10.00. The molecule has 1 aliphatic heterocycles. The van der Waals surface area contributed by atoms with Crippen molar-refractivity contribution < 1.29 is 9.53 Å². The number of nitrogens with zero attached hydrogens (tertiary/aromatic N) is 3. The molecule has 2 fully saturated rings. The summed E-state index contributed by atoms with van der Waals surface area (Å²) in [5.74, 6) is 2.02. The first-order chi connectivity index (χ1) is 16.9. The average molecular weight is 468 g/mol. The van der Waals surface area contributed by atoms with Crippen LogP contribution in [0.25, 0.3) is 22.2 Å². The Hall–Kier alpha value is -3.71. The summed E-state index contributed by atoms with van der Waals surface area (Å²) >= 11 is 0. The fraction of sp³-hybridized carbons (Fsp3) is 0.321. The molecular weight excluding hydrogens is 438 g/mol. The highest BCUT2D eigenvalue weighted by Gasteiger charge is 2.40. The third-order valence-corrected chi connectivity index (χ3v) is 7.42. The minimum atomic E-state index is 0.0115. The number of pyridine rings is 1. The lowest BCUT2D eigenvalue weighted by Crippen LogP contribution is -2.44. The molecule has 2 N–H and O–H groups in total. The number of piperidine rings is 1. The quantitative estimate of drug-likeness (QED) is 0.451. The summed E-state index contributed by atoms with van der Waals surface area (Å²) in [6.45, 7) is 4.99. The second-order valence-electron chi connectivity index (χ2n) is 9.81. The Morgan fingerprint density at radius 2 is 1.94 bits per heavy atom. The van der Waals surface area contributed by atoms with E-state index in [1.807, 2.05) is 74.1 Å². The maximum Gasteiger partial charge on any atom is 0.251 e. The lowest BCUT2D eigenvalue weighted by molar-refractivity contribution is 0.0924. The van der Waals surface area contributed by atoms with Gasteiger partial charge < -0.3 is 15.4 Å². The predicted molar refractivity (Wildman–Crippen MR) is 136 cm³/mol. The molecule has 7 heteroatoms. The number of aromatic nitrogens is 3. The molecule has 2 aromatic heterocycles. The Morgan fingerprint density at radius 3 is 2.71 bits per heavy atom. The molecule has 178 valence electrons. The highest BCUT2D eigenvalue weighted by Crippen LogP contribution is 2.32. The molecule has 0 radical (unpaired) electrons. The van der Waals surface area contributed by atoms with Crippen molar-refractivity contribution in [3.63, 3.8) is 0 Å². The second-order valence-corrected chi connectivity index (χ2v) is 9.81. The van der Waals surface area contributed by atoms with Crippen molar-refractivity contribution in [1.82, 2.24) is 25.4 Å². The largest absolute Gasteiger partial charge is 0.457 e. The molecule has 2 aliphatic rings. The molecule has 6 rings (SSSR count). The van der Waals surface area contributed by atoms with Gasteiger partial charge in [-0.25, -0.2) is 0 Å². The molecule has 3 atom stereocenters. The van der Waals surface area contributed by atoms with Crippen LogP contribution in [0.1, 0.15) is 34.5 Å². The summed E-state index contributed by atoms with van der Waals surface area (Å²) < 4.78 is 8.02. The second kappa shape index (κ2) is 8.50. The van der Waals surface area contributed by atoms with Gasteiger partial charge in [0.25, 0.3) is 5.91 Å². The number of amides is 1. The minimum Gasteiger partial charge on any atom is -0.457 e. The maximum atomic E-state index is 12.9. The summed E-state index contributed by atoms with van der Waals surface area (Å²) in [5, 5.41) is 12.4. The monoisotopic (exact) mass is 467 g/mol. The van der Waals surface area contributed by atoms with Crippen LogP contribution in [-0.4, -0.2) is 39.3 Å². The Labute approximate surface area is 204 Å². The zero-order valence-electron chi connectivity index (χ0n) is 20.2. The van der Waals surface area contributed by atoms with E-state index >= 15 is 0 Å². The number of ether oxygens (including phenoxy) is 1. The van der Waals surface area contributed by atoms with Crippen molar-refractivity contribution >= 4 is 16.8 Å². The molecule has 0 spiro atoms. The summed E-state index contributed by atoms with van der Waals surface area (Å²) in [6, 6.07) is 16.5. The topological polar surface area (TPSA) is 81.1 Å². The van der Waals surface area contributed by atoms with E-state index in [-0.39, 0.29) is 11.9 Å². The van der Waals surface area contributed by atoms with Crippen molar-refractivity contribution in [1.29, 1.82) is 0 Å². The number of aryl methyl sites for hydroxylation is 3. The molecule has 2 aromatic carbocycles. The first-order valence-electron chi connectivity index (χ1n) is 12.2. The fourth-order valence-corrected chi connectivity index (χ4v) is 5.59. The summed E-state index contributed by atoms with van der Waals surface area (Å²) in [5.41, 5.74) is 5.43. The molecule has 7 nitrogen and oxygen atoms in total. The maximum absolute atomic E-state index is 12.9.